The van der Waals surface area contributed by atoms with Crippen molar-refractivity contribution in [1.82, 2.24) is 15.3 Å². The summed E-state index contributed by atoms with van der Waals surface area (Å²) in [6.45, 7) is 5.80. The van der Waals surface area contributed by atoms with Crippen LogP contribution in [-0.4, -0.2) is 9.97 Å². The quantitative estimate of drug-likeness (QED) is 0.899. The molecule has 23 heavy (non-hydrogen) atoms. The molecular formula is C18H21F2N3. The average molecular weight is 317 g/mol. The highest BCUT2D eigenvalue weighted by molar-refractivity contribution is 5.26. The summed E-state index contributed by atoms with van der Waals surface area (Å²) < 4.78 is 27.7. The maximum Gasteiger partial charge on any atom is 0.128 e. The lowest BCUT2D eigenvalue weighted by Crippen LogP contribution is -2.28. The minimum absolute atomic E-state index is 0.0381. The van der Waals surface area contributed by atoms with Crippen molar-refractivity contribution in [1.29, 1.82) is 0 Å². The zero-order chi connectivity index (χ0) is 16.6. The second-order valence-electron chi connectivity index (χ2n) is 6.33. The summed E-state index contributed by atoms with van der Waals surface area (Å²) >= 11 is 0. The molecule has 2 aromatic rings. The van der Waals surface area contributed by atoms with Crippen molar-refractivity contribution in [2.45, 2.75) is 45.7 Å². The van der Waals surface area contributed by atoms with E-state index in [1.54, 1.807) is 6.20 Å². The number of halogens is 2. The van der Waals surface area contributed by atoms with Crippen molar-refractivity contribution in [3.8, 4) is 0 Å². The molecule has 1 saturated carbocycles. The van der Waals surface area contributed by atoms with Gasteiger partial charge in [-0.3, -0.25) is 0 Å². The van der Waals surface area contributed by atoms with Crippen LogP contribution in [0.1, 0.15) is 54.5 Å². The minimum atomic E-state index is -0.406. The minimum Gasteiger partial charge on any atom is -0.303 e. The Morgan fingerprint density at radius 1 is 1.17 bits per heavy atom. The number of nitrogens with one attached hydrogen (secondary N) is 1. The number of aromatic nitrogens is 2. The predicted octanol–water partition coefficient (Wildman–Crippen LogP) is 4.17. The summed E-state index contributed by atoms with van der Waals surface area (Å²) in [5.74, 6) is 0.310. The van der Waals surface area contributed by atoms with Gasteiger partial charge in [0.2, 0.25) is 0 Å². The van der Waals surface area contributed by atoms with Crippen LogP contribution in [0.3, 0.4) is 0 Å². The molecule has 1 aromatic heterocycles. The molecule has 3 nitrogen and oxygen atoms in total. The van der Waals surface area contributed by atoms with Crippen LogP contribution >= 0.6 is 0 Å². The van der Waals surface area contributed by atoms with Crippen molar-refractivity contribution in [3.63, 3.8) is 0 Å². The molecule has 5 heteroatoms. The van der Waals surface area contributed by atoms with E-state index in [2.05, 4.69) is 15.3 Å². The van der Waals surface area contributed by atoms with Crippen LogP contribution in [0.5, 0.6) is 0 Å². The van der Waals surface area contributed by atoms with E-state index < -0.39 is 5.82 Å². The van der Waals surface area contributed by atoms with Gasteiger partial charge in [0, 0.05) is 35.1 Å². The van der Waals surface area contributed by atoms with Gasteiger partial charge >= 0.3 is 0 Å². The molecule has 0 radical (unpaired) electrons. The fraction of sp³-hybridized carbons (Fsp3) is 0.444. The van der Waals surface area contributed by atoms with Gasteiger partial charge in [-0.1, -0.05) is 0 Å². The van der Waals surface area contributed by atoms with E-state index in [0.29, 0.717) is 11.5 Å². The molecule has 0 saturated heterocycles. The molecule has 2 atom stereocenters. The number of rotatable bonds is 5. The first-order valence-electron chi connectivity index (χ1n) is 7.97. The van der Waals surface area contributed by atoms with Gasteiger partial charge in [0.1, 0.15) is 17.5 Å². The Morgan fingerprint density at radius 2 is 1.91 bits per heavy atom. The number of hydrogen-bond acceptors (Lipinski definition) is 3. The predicted molar refractivity (Wildman–Crippen MR) is 84.9 cm³/mol. The molecule has 2 unspecified atom stereocenters. The zero-order valence-electron chi connectivity index (χ0n) is 13.6. The van der Waals surface area contributed by atoms with E-state index in [9.17, 15) is 8.78 Å². The monoisotopic (exact) mass is 317 g/mol. The summed E-state index contributed by atoms with van der Waals surface area (Å²) in [5, 5.41) is 3.45. The Kier molecular flexibility index (Phi) is 4.39. The van der Waals surface area contributed by atoms with Gasteiger partial charge in [-0.05, 0) is 57.7 Å². The average Bonchev–Trinajstić information content (AvgIpc) is 3.32. The highest BCUT2D eigenvalue weighted by Gasteiger charge is 2.35. The van der Waals surface area contributed by atoms with Gasteiger partial charge in [0.15, 0.2) is 0 Å². The Morgan fingerprint density at radius 3 is 2.57 bits per heavy atom. The lowest BCUT2D eigenvalue weighted by molar-refractivity contribution is 0.408. The highest BCUT2D eigenvalue weighted by Crippen LogP contribution is 2.43. The van der Waals surface area contributed by atoms with Gasteiger partial charge in [-0.2, -0.15) is 0 Å². The number of hydrogen-bond donors (Lipinski definition) is 1. The van der Waals surface area contributed by atoms with Crippen LogP contribution in [0, 0.1) is 31.4 Å². The van der Waals surface area contributed by atoms with E-state index in [0.717, 1.165) is 36.0 Å². The first-order chi connectivity index (χ1) is 11.0. The molecule has 0 bridgehead atoms. The Balaban J connectivity index is 1.86. The van der Waals surface area contributed by atoms with Crippen LogP contribution in [0.25, 0.3) is 0 Å². The zero-order valence-corrected chi connectivity index (χ0v) is 13.6. The first kappa shape index (κ1) is 16.0. The maximum atomic E-state index is 14.2. The number of aryl methyl sites for hydroxylation is 2. The Labute approximate surface area is 135 Å². The van der Waals surface area contributed by atoms with Gasteiger partial charge in [0.05, 0.1) is 0 Å². The van der Waals surface area contributed by atoms with Gasteiger partial charge in [0.25, 0.3) is 0 Å². The standard InChI is InChI=1S/C18H21F2N3/c1-10-16(9-21-12(3)22-10)11(2)23-18(13-4-5-13)15-8-14(19)6-7-17(15)20/h6-9,11,13,18,23H,4-5H2,1-3H3. The van der Waals surface area contributed by atoms with Crippen molar-refractivity contribution < 1.29 is 8.78 Å². The van der Waals surface area contributed by atoms with Crippen molar-refractivity contribution in [2.24, 2.45) is 5.92 Å². The van der Waals surface area contributed by atoms with Crippen molar-refractivity contribution >= 4 is 0 Å². The molecule has 1 heterocycles. The van der Waals surface area contributed by atoms with Crippen molar-refractivity contribution in [2.75, 3.05) is 0 Å². The third-order valence-electron chi connectivity index (χ3n) is 4.42. The normalized spacial score (nSPS) is 17.1. The first-order valence-corrected chi connectivity index (χ1v) is 7.97. The maximum absolute atomic E-state index is 14.2. The highest BCUT2D eigenvalue weighted by atomic mass is 19.1. The number of benzene rings is 1. The summed E-state index contributed by atoms with van der Waals surface area (Å²) in [5.41, 5.74) is 2.30. The van der Waals surface area contributed by atoms with E-state index in [4.69, 9.17) is 0 Å². The molecule has 0 amide bonds. The van der Waals surface area contributed by atoms with Crippen LogP contribution in [0.15, 0.2) is 24.4 Å². The summed E-state index contributed by atoms with van der Waals surface area (Å²) in [6, 6.07) is 3.43. The molecule has 0 spiro atoms. The van der Waals surface area contributed by atoms with E-state index in [-0.39, 0.29) is 17.9 Å². The van der Waals surface area contributed by atoms with Crippen LogP contribution in [0.4, 0.5) is 8.78 Å². The molecular weight excluding hydrogens is 296 g/mol. The smallest absolute Gasteiger partial charge is 0.128 e. The molecule has 1 aliphatic carbocycles. The van der Waals surface area contributed by atoms with E-state index in [1.807, 2.05) is 20.8 Å². The fourth-order valence-electron chi connectivity index (χ4n) is 3.04. The second-order valence-corrected chi connectivity index (χ2v) is 6.33. The molecule has 1 fully saturated rings. The molecule has 1 N–H and O–H groups in total. The Hall–Kier alpha value is -1.88. The van der Waals surface area contributed by atoms with Crippen LogP contribution < -0.4 is 5.32 Å². The van der Waals surface area contributed by atoms with E-state index >= 15 is 0 Å². The second kappa shape index (κ2) is 6.32. The summed E-state index contributed by atoms with van der Waals surface area (Å²) in [4.78, 5) is 8.63. The fourth-order valence-corrected chi connectivity index (χ4v) is 3.04. The number of nitrogens with zero attached hydrogens (tertiary/aromatic N) is 2. The third-order valence-corrected chi connectivity index (χ3v) is 4.42. The lowest BCUT2D eigenvalue weighted by Gasteiger charge is -2.25. The molecule has 1 aromatic carbocycles. The third kappa shape index (κ3) is 3.55. The lowest BCUT2D eigenvalue weighted by atomic mass is 9.99. The van der Waals surface area contributed by atoms with Gasteiger partial charge in [-0.25, -0.2) is 18.7 Å². The summed E-state index contributed by atoms with van der Waals surface area (Å²) in [7, 11) is 0. The molecule has 3 rings (SSSR count). The SMILES string of the molecule is Cc1ncc(C(C)NC(c2cc(F)ccc2F)C2CC2)c(C)n1. The largest absolute Gasteiger partial charge is 0.303 e. The van der Waals surface area contributed by atoms with Gasteiger partial charge < -0.3 is 5.32 Å². The Bertz CT molecular complexity index is 713. The van der Waals surface area contributed by atoms with Crippen LogP contribution in [0.2, 0.25) is 0 Å². The van der Waals surface area contributed by atoms with E-state index in [1.165, 1.54) is 12.1 Å². The summed E-state index contributed by atoms with van der Waals surface area (Å²) in [6.07, 6.45) is 3.87. The van der Waals surface area contributed by atoms with Crippen molar-refractivity contribution in [3.05, 3.63) is 58.7 Å². The molecule has 122 valence electrons. The molecule has 0 aliphatic heterocycles. The van der Waals surface area contributed by atoms with Crippen LogP contribution in [-0.2, 0) is 0 Å². The van der Waals surface area contributed by atoms with Gasteiger partial charge in [-0.15, -0.1) is 0 Å². The molecule has 1 aliphatic rings. The topological polar surface area (TPSA) is 37.8 Å².